The fraction of sp³-hybridized carbons (Fsp3) is 0.294. The number of hydrogen-bond donors (Lipinski definition) is 2. The first-order valence-electron chi connectivity index (χ1n) is 7.67. The van der Waals surface area contributed by atoms with E-state index in [0.29, 0.717) is 6.54 Å². The van der Waals surface area contributed by atoms with Crippen LogP contribution in [0.15, 0.2) is 30.6 Å². The van der Waals surface area contributed by atoms with Crippen molar-refractivity contribution in [3.63, 3.8) is 0 Å². The Balaban J connectivity index is 2.04. The van der Waals surface area contributed by atoms with Gasteiger partial charge in [-0.25, -0.2) is 13.2 Å². The molecule has 0 atom stereocenters. The van der Waals surface area contributed by atoms with Gasteiger partial charge in [0.1, 0.15) is 0 Å². The van der Waals surface area contributed by atoms with E-state index in [4.69, 9.17) is 0 Å². The van der Waals surface area contributed by atoms with Crippen molar-refractivity contribution in [1.82, 2.24) is 15.2 Å². The summed E-state index contributed by atoms with van der Waals surface area (Å²) >= 11 is 0. The second-order valence-electron chi connectivity index (χ2n) is 5.72. The molecular weight excluding hydrogens is 333 g/mol. The molecule has 1 aromatic carbocycles. The number of nitrogens with one attached hydrogen (secondary N) is 2. The Kier molecular flexibility index (Phi) is 6.35. The summed E-state index contributed by atoms with van der Waals surface area (Å²) in [6.07, 6.45) is 3.52. The Labute approximate surface area is 143 Å². The highest BCUT2D eigenvalue weighted by molar-refractivity contribution is 5.94. The molecule has 1 amide bonds. The Morgan fingerprint density at radius 2 is 1.92 bits per heavy atom. The maximum atomic E-state index is 13.7. The van der Waals surface area contributed by atoms with E-state index < -0.39 is 17.5 Å². The van der Waals surface area contributed by atoms with Crippen molar-refractivity contribution in [3.8, 4) is 0 Å². The maximum absolute atomic E-state index is 13.7. The summed E-state index contributed by atoms with van der Waals surface area (Å²) in [6.45, 7) is 1.35. The Hall–Kier alpha value is -2.61. The van der Waals surface area contributed by atoms with Crippen molar-refractivity contribution in [1.29, 1.82) is 0 Å². The number of amides is 1. The van der Waals surface area contributed by atoms with Crippen LogP contribution in [0.1, 0.15) is 16.8 Å². The number of benzene rings is 1. The number of nitrogens with zero attached hydrogens (tertiary/aromatic N) is 2. The number of pyridine rings is 1. The number of carbonyl (C=O) groups is 1. The Morgan fingerprint density at radius 3 is 2.64 bits per heavy atom. The van der Waals surface area contributed by atoms with E-state index in [1.807, 2.05) is 19.0 Å². The molecule has 0 saturated heterocycles. The van der Waals surface area contributed by atoms with Crippen molar-refractivity contribution in [2.45, 2.75) is 6.42 Å². The van der Waals surface area contributed by atoms with Crippen LogP contribution in [-0.4, -0.2) is 43.0 Å². The summed E-state index contributed by atoms with van der Waals surface area (Å²) in [5.41, 5.74) is 0.313. The van der Waals surface area contributed by atoms with Crippen LogP contribution in [0, 0.1) is 17.5 Å². The van der Waals surface area contributed by atoms with Crippen molar-refractivity contribution in [2.24, 2.45) is 0 Å². The number of aromatic nitrogens is 1. The lowest BCUT2D eigenvalue weighted by Crippen LogP contribution is -2.27. The van der Waals surface area contributed by atoms with Crippen LogP contribution in [0.2, 0.25) is 0 Å². The quantitative estimate of drug-likeness (QED) is 0.594. The lowest BCUT2D eigenvalue weighted by molar-refractivity contribution is 0.0952. The number of halogens is 3. The van der Waals surface area contributed by atoms with Crippen LogP contribution in [0.5, 0.6) is 0 Å². The molecule has 25 heavy (non-hydrogen) atoms. The molecule has 134 valence electrons. The van der Waals surface area contributed by atoms with E-state index in [0.717, 1.165) is 25.1 Å². The average molecular weight is 352 g/mol. The molecule has 0 aliphatic heterocycles. The first kappa shape index (κ1) is 18.7. The second-order valence-corrected chi connectivity index (χ2v) is 5.72. The van der Waals surface area contributed by atoms with E-state index >= 15 is 0 Å². The normalized spacial score (nSPS) is 10.8. The molecule has 0 spiro atoms. The molecule has 2 rings (SSSR count). The van der Waals surface area contributed by atoms with Crippen LogP contribution >= 0.6 is 0 Å². The third kappa shape index (κ3) is 5.18. The van der Waals surface area contributed by atoms with Crippen molar-refractivity contribution in [2.75, 3.05) is 32.5 Å². The van der Waals surface area contributed by atoms with Gasteiger partial charge in [-0.05, 0) is 45.3 Å². The Morgan fingerprint density at radius 1 is 1.16 bits per heavy atom. The highest BCUT2D eigenvalue weighted by atomic mass is 19.2. The van der Waals surface area contributed by atoms with Gasteiger partial charge < -0.3 is 15.5 Å². The third-order valence-corrected chi connectivity index (χ3v) is 3.38. The van der Waals surface area contributed by atoms with Gasteiger partial charge in [0.2, 0.25) is 0 Å². The fourth-order valence-corrected chi connectivity index (χ4v) is 2.11. The van der Waals surface area contributed by atoms with Crippen LogP contribution in [-0.2, 0) is 0 Å². The van der Waals surface area contributed by atoms with Gasteiger partial charge >= 0.3 is 0 Å². The second kappa shape index (κ2) is 8.48. The number of hydrogen-bond acceptors (Lipinski definition) is 4. The van der Waals surface area contributed by atoms with Crippen LogP contribution in [0.4, 0.5) is 24.5 Å². The minimum atomic E-state index is -1.56. The maximum Gasteiger partial charge on any atom is 0.252 e. The first-order valence-corrected chi connectivity index (χ1v) is 7.67. The van der Waals surface area contributed by atoms with E-state index in [-0.39, 0.29) is 22.8 Å². The largest absolute Gasteiger partial charge is 0.352 e. The molecule has 2 N–H and O–H groups in total. The van der Waals surface area contributed by atoms with Gasteiger partial charge in [0, 0.05) is 12.7 Å². The van der Waals surface area contributed by atoms with E-state index in [1.54, 1.807) is 0 Å². The molecule has 8 heteroatoms. The molecule has 0 unspecified atom stereocenters. The third-order valence-electron chi connectivity index (χ3n) is 3.38. The molecule has 0 fully saturated rings. The zero-order valence-corrected chi connectivity index (χ0v) is 13.9. The SMILES string of the molecule is CN(C)CCCNC(=O)c1cncc(Nc2ccc(F)c(F)c2F)c1. The van der Waals surface area contributed by atoms with Gasteiger partial charge in [0.15, 0.2) is 17.5 Å². The molecule has 1 aromatic heterocycles. The zero-order chi connectivity index (χ0) is 18.4. The summed E-state index contributed by atoms with van der Waals surface area (Å²) in [5, 5.41) is 5.34. The summed E-state index contributed by atoms with van der Waals surface area (Å²) in [5.74, 6) is -4.49. The highest BCUT2D eigenvalue weighted by Crippen LogP contribution is 2.23. The van der Waals surface area contributed by atoms with Gasteiger partial charge in [-0.15, -0.1) is 0 Å². The zero-order valence-electron chi connectivity index (χ0n) is 13.9. The van der Waals surface area contributed by atoms with Crippen molar-refractivity contribution >= 4 is 17.3 Å². The lowest BCUT2D eigenvalue weighted by Gasteiger charge is -2.11. The number of rotatable bonds is 7. The topological polar surface area (TPSA) is 57.3 Å². The molecular formula is C17H19F3N4O. The molecule has 5 nitrogen and oxygen atoms in total. The smallest absolute Gasteiger partial charge is 0.252 e. The van der Waals surface area contributed by atoms with Crippen LogP contribution < -0.4 is 10.6 Å². The summed E-state index contributed by atoms with van der Waals surface area (Å²) in [7, 11) is 3.89. The predicted octanol–water partition coefficient (Wildman–Crippen LogP) is 2.92. The summed E-state index contributed by atoms with van der Waals surface area (Å²) < 4.78 is 39.9. The van der Waals surface area contributed by atoms with Crippen molar-refractivity contribution in [3.05, 3.63) is 53.6 Å². The van der Waals surface area contributed by atoms with E-state index in [1.165, 1.54) is 18.5 Å². The van der Waals surface area contributed by atoms with E-state index in [9.17, 15) is 18.0 Å². The minimum Gasteiger partial charge on any atom is -0.352 e. The molecule has 0 saturated carbocycles. The first-order chi connectivity index (χ1) is 11.9. The van der Waals surface area contributed by atoms with Crippen LogP contribution in [0.25, 0.3) is 0 Å². The molecule has 1 heterocycles. The fourth-order valence-electron chi connectivity index (χ4n) is 2.11. The summed E-state index contributed by atoms with van der Waals surface area (Å²) in [6, 6.07) is 3.34. The minimum absolute atomic E-state index is 0.246. The van der Waals surface area contributed by atoms with E-state index in [2.05, 4.69) is 15.6 Å². The number of carbonyl (C=O) groups excluding carboxylic acids is 1. The number of anilines is 2. The van der Waals surface area contributed by atoms with Gasteiger partial charge in [0.05, 0.1) is 23.1 Å². The Bertz CT molecular complexity index is 753. The molecule has 0 radical (unpaired) electrons. The lowest BCUT2D eigenvalue weighted by atomic mass is 10.2. The molecule has 2 aromatic rings. The van der Waals surface area contributed by atoms with Gasteiger partial charge in [-0.1, -0.05) is 0 Å². The van der Waals surface area contributed by atoms with Crippen molar-refractivity contribution < 1.29 is 18.0 Å². The highest BCUT2D eigenvalue weighted by Gasteiger charge is 2.14. The van der Waals surface area contributed by atoms with Gasteiger partial charge in [-0.2, -0.15) is 0 Å². The molecule has 0 aliphatic rings. The predicted molar refractivity (Wildman–Crippen MR) is 89.3 cm³/mol. The standard InChI is InChI=1S/C17H19F3N4O/c1-24(2)7-3-6-22-17(25)11-8-12(10-21-9-11)23-14-5-4-13(18)15(19)16(14)20/h4-5,8-10,23H,3,6-7H2,1-2H3,(H,22,25). The van der Waals surface area contributed by atoms with Gasteiger partial charge in [-0.3, -0.25) is 9.78 Å². The average Bonchev–Trinajstić information content (AvgIpc) is 2.59. The summed E-state index contributed by atoms with van der Waals surface area (Å²) in [4.78, 5) is 18.0. The molecule has 0 aliphatic carbocycles. The molecule has 0 bridgehead atoms. The van der Waals surface area contributed by atoms with Crippen LogP contribution in [0.3, 0.4) is 0 Å². The monoisotopic (exact) mass is 352 g/mol. The van der Waals surface area contributed by atoms with Gasteiger partial charge in [0.25, 0.3) is 5.91 Å².